The summed E-state index contributed by atoms with van der Waals surface area (Å²) in [5, 5.41) is 11.8. The third kappa shape index (κ3) is 5.49. The molecule has 9 heteroatoms. The molecule has 3 aromatic heterocycles. The largest absolute Gasteiger partial charge is 0.352 e. The Morgan fingerprint density at radius 1 is 1.24 bits per heavy atom. The highest BCUT2D eigenvalue weighted by Crippen LogP contribution is 2.10. The number of hydrogen-bond donors (Lipinski definition) is 2. The molecule has 0 aliphatic heterocycles. The summed E-state index contributed by atoms with van der Waals surface area (Å²) >= 11 is 1.68. The Labute approximate surface area is 167 Å². The molecule has 0 amide bonds. The summed E-state index contributed by atoms with van der Waals surface area (Å²) in [7, 11) is 1.75. The van der Waals surface area contributed by atoms with Gasteiger partial charge in [0.2, 0.25) is 0 Å². The van der Waals surface area contributed by atoms with E-state index in [1.165, 1.54) is 4.88 Å². The predicted octanol–water partition coefficient (Wildman–Crippen LogP) is 2.52. The summed E-state index contributed by atoms with van der Waals surface area (Å²) < 4.78 is 1.74. The quantitative estimate of drug-likeness (QED) is 0.341. The van der Waals surface area contributed by atoms with Crippen LogP contribution in [-0.4, -0.2) is 32.8 Å². The van der Waals surface area contributed by atoms with Gasteiger partial charge in [-0.1, -0.05) is 0 Å². The predicted molar refractivity (Wildman–Crippen MR) is 111 cm³/mol. The van der Waals surface area contributed by atoms with Crippen molar-refractivity contribution in [3.05, 3.63) is 58.4 Å². The lowest BCUT2D eigenvalue weighted by Crippen LogP contribution is -2.36. The Morgan fingerprint density at radius 3 is 2.76 bits per heavy atom. The van der Waals surface area contributed by atoms with Crippen molar-refractivity contribution >= 4 is 41.3 Å². The van der Waals surface area contributed by atoms with E-state index in [-0.39, 0.29) is 24.0 Å². The van der Waals surface area contributed by atoms with E-state index < -0.39 is 0 Å². The molecule has 0 radical (unpaired) electrons. The first-order chi connectivity index (χ1) is 11.7. The van der Waals surface area contributed by atoms with Crippen LogP contribution in [0, 0.1) is 6.92 Å². The van der Waals surface area contributed by atoms with Gasteiger partial charge >= 0.3 is 0 Å². The molecule has 0 saturated heterocycles. The summed E-state index contributed by atoms with van der Waals surface area (Å²) in [4.78, 5) is 14.1. The van der Waals surface area contributed by atoms with E-state index in [4.69, 9.17) is 0 Å². The van der Waals surface area contributed by atoms with E-state index in [0.29, 0.717) is 13.1 Å². The molecule has 3 heterocycles. The van der Waals surface area contributed by atoms with Crippen LogP contribution in [0.25, 0.3) is 5.82 Å². The van der Waals surface area contributed by atoms with E-state index in [9.17, 15) is 0 Å². The molecule has 0 unspecified atom stereocenters. The van der Waals surface area contributed by atoms with Crippen LogP contribution in [-0.2, 0) is 13.1 Å². The molecular weight excluding hydrogens is 449 g/mol. The van der Waals surface area contributed by atoms with Crippen LogP contribution >= 0.6 is 35.3 Å². The average Bonchev–Trinajstić information content (AvgIpc) is 3.27. The van der Waals surface area contributed by atoms with Gasteiger partial charge in [0, 0.05) is 43.3 Å². The third-order valence-corrected chi connectivity index (χ3v) is 4.22. The number of aryl methyl sites for hydroxylation is 1. The van der Waals surface area contributed by atoms with Crippen LogP contribution < -0.4 is 10.6 Å². The van der Waals surface area contributed by atoms with E-state index in [0.717, 1.165) is 22.3 Å². The Bertz CT molecular complexity index is 814. The van der Waals surface area contributed by atoms with Crippen molar-refractivity contribution in [2.24, 2.45) is 4.99 Å². The van der Waals surface area contributed by atoms with E-state index in [2.05, 4.69) is 37.6 Å². The Hall–Kier alpha value is -2.01. The number of nitrogens with one attached hydrogen (secondary N) is 2. The van der Waals surface area contributed by atoms with E-state index in [1.54, 1.807) is 35.5 Å². The van der Waals surface area contributed by atoms with Gasteiger partial charge in [0.25, 0.3) is 0 Å². The Balaban J connectivity index is 0.00000225. The normalized spacial score (nSPS) is 11.0. The average molecular weight is 469 g/mol. The van der Waals surface area contributed by atoms with Crippen LogP contribution in [0.15, 0.2) is 48.0 Å². The van der Waals surface area contributed by atoms with Gasteiger partial charge < -0.3 is 10.6 Å². The summed E-state index contributed by atoms with van der Waals surface area (Å²) in [6, 6.07) is 5.84. The zero-order chi connectivity index (χ0) is 16.8. The number of halogens is 1. The molecule has 0 bridgehead atoms. The van der Waals surface area contributed by atoms with Crippen molar-refractivity contribution in [1.82, 2.24) is 30.4 Å². The van der Waals surface area contributed by atoms with Crippen LogP contribution in [0.3, 0.4) is 0 Å². The number of rotatable bonds is 5. The SMILES string of the molecule is CN=C(NCc1ccnc(-n2cccn2)c1)NCc1ncc(C)s1.I. The maximum Gasteiger partial charge on any atom is 0.191 e. The van der Waals surface area contributed by atoms with Crippen molar-refractivity contribution in [3.8, 4) is 5.82 Å². The number of thiazole rings is 1. The monoisotopic (exact) mass is 469 g/mol. The van der Waals surface area contributed by atoms with E-state index >= 15 is 0 Å². The topological polar surface area (TPSA) is 80.0 Å². The summed E-state index contributed by atoms with van der Waals surface area (Å²) in [6.07, 6.45) is 7.27. The zero-order valence-electron chi connectivity index (χ0n) is 14.0. The number of guanidine groups is 1. The third-order valence-electron chi connectivity index (χ3n) is 3.31. The van der Waals surface area contributed by atoms with Crippen LogP contribution in [0.4, 0.5) is 0 Å². The van der Waals surface area contributed by atoms with E-state index in [1.807, 2.05) is 30.6 Å². The van der Waals surface area contributed by atoms with Crippen molar-refractivity contribution in [2.75, 3.05) is 7.05 Å². The van der Waals surface area contributed by atoms with Gasteiger partial charge in [-0.2, -0.15) is 5.10 Å². The van der Waals surface area contributed by atoms with Crippen molar-refractivity contribution in [3.63, 3.8) is 0 Å². The number of nitrogens with zero attached hydrogens (tertiary/aromatic N) is 5. The summed E-state index contributed by atoms with van der Waals surface area (Å²) in [5.41, 5.74) is 1.10. The molecule has 0 aliphatic carbocycles. The lowest BCUT2D eigenvalue weighted by molar-refractivity contribution is 0.797. The minimum Gasteiger partial charge on any atom is -0.352 e. The number of aliphatic imine (C=N–C) groups is 1. The van der Waals surface area contributed by atoms with Gasteiger partial charge in [-0.3, -0.25) is 4.99 Å². The smallest absolute Gasteiger partial charge is 0.191 e. The molecule has 3 rings (SSSR count). The molecule has 132 valence electrons. The molecule has 7 nitrogen and oxygen atoms in total. The highest BCUT2D eigenvalue weighted by molar-refractivity contribution is 14.0. The molecule has 2 N–H and O–H groups in total. The van der Waals surface area contributed by atoms with Gasteiger partial charge in [-0.05, 0) is 30.7 Å². The molecular formula is C16H20IN7S. The number of pyridine rings is 1. The molecule has 0 atom stereocenters. The molecule has 0 saturated carbocycles. The molecule has 0 aliphatic rings. The van der Waals surface area contributed by atoms with Gasteiger partial charge in [0.05, 0.1) is 6.54 Å². The zero-order valence-corrected chi connectivity index (χ0v) is 17.2. The fourth-order valence-corrected chi connectivity index (χ4v) is 2.88. The van der Waals surface area contributed by atoms with Gasteiger partial charge in [0.1, 0.15) is 5.01 Å². The first-order valence-electron chi connectivity index (χ1n) is 7.55. The first-order valence-corrected chi connectivity index (χ1v) is 8.37. The van der Waals surface area contributed by atoms with Crippen molar-refractivity contribution in [1.29, 1.82) is 0 Å². The second kappa shape index (κ2) is 9.47. The second-order valence-corrected chi connectivity index (χ2v) is 6.44. The fourth-order valence-electron chi connectivity index (χ4n) is 2.15. The minimum atomic E-state index is 0. The van der Waals surface area contributed by atoms with Gasteiger partial charge in [-0.15, -0.1) is 35.3 Å². The second-order valence-electron chi connectivity index (χ2n) is 5.12. The first kappa shape index (κ1) is 19.3. The molecule has 0 spiro atoms. The number of hydrogen-bond acceptors (Lipinski definition) is 5. The lowest BCUT2D eigenvalue weighted by Gasteiger charge is -2.11. The highest BCUT2D eigenvalue weighted by Gasteiger charge is 2.03. The Kier molecular flexibility index (Phi) is 7.31. The minimum absolute atomic E-state index is 0. The van der Waals surface area contributed by atoms with Gasteiger partial charge in [0.15, 0.2) is 11.8 Å². The van der Waals surface area contributed by atoms with Crippen molar-refractivity contribution < 1.29 is 0 Å². The van der Waals surface area contributed by atoms with Crippen LogP contribution in [0.2, 0.25) is 0 Å². The van der Waals surface area contributed by atoms with Gasteiger partial charge in [-0.25, -0.2) is 14.6 Å². The Morgan fingerprint density at radius 2 is 2.08 bits per heavy atom. The molecule has 0 aromatic carbocycles. The van der Waals surface area contributed by atoms with Crippen molar-refractivity contribution in [2.45, 2.75) is 20.0 Å². The molecule has 3 aromatic rings. The van der Waals surface area contributed by atoms with Crippen LogP contribution in [0.5, 0.6) is 0 Å². The molecule has 0 fully saturated rings. The maximum absolute atomic E-state index is 4.34. The highest BCUT2D eigenvalue weighted by atomic mass is 127. The number of aromatic nitrogens is 4. The molecule has 25 heavy (non-hydrogen) atoms. The summed E-state index contributed by atoms with van der Waals surface area (Å²) in [5.74, 6) is 1.53. The maximum atomic E-state index is 4.34. The van der Waals surface area contributed by atoms with Crippen LogP contribution in [0.1, 0.15) is 15.4 Å². The standard InChI is InChI=1S/C16H19N7S.HI/c1-12-9-19-15(24-12)11-21-16(17-2)20-10-13-4-6-18-14(8-13)23-7-3-5-22-23;/h3-9H,10-11H2,1-2H3,(H2,17,20,21);1H. The lowest BCUT2D eigenvalue weighted by atomic mass is 10.2. The summed E-state index contributed by atoms with van der Waals surface area (Å²) in [6.45, 7) is 3.36. The fraction of sp³-hybridized carbons (Fsp3) is 0.250.